The van der Waals surface area contributed by atoms with E-state index in [0.717, 1.165) is 0 Å². The number of benzene rings is 2. The molecule has 4 nitrogen and oxygen atoms in total. The summed E-state index contributed by atoms with van der Waals surface area (Å²) >= 11 is 0. The molecule has 2 heterocycles. The van der Waals surface area contributed by atoms with Crippen LogP contribution in [0.2, 0.25) is 0 Å². The number of hydrogen-bond acceptors (Lipinski definition) is 4. The maximum atomic E-state index is 12.5. The highest BCUT2D eigenvalue weighted by molar-refractivity contribution is 5.77. The van der Waals surface area contributed by atoms with E-state index in [9.17, 15) is 9.59 Å². The van der Waals surface area contributed by atoms with Gasteiger partial charge in [0, 0.05) is 17.5 Å². The summed E-state index contributed by atoms with van der Waals surface area (Å²) in [7, 11) is 0. The Morgan fingerprint density at radius 3 is 1.57 bits per heavy atom. The lowest BCUT2D eigenvalue weighted by Gasteiger charge is -2.03. The van der Waals surface area contributed by atoms with E-state index in [1.807, 2.05) is 12.1 Å². The molecular formula is C19H12O4. The highest BCUT2D eigenvalue weighted by atomic mass is 16.3. The molecule has 0 bridgehead atoms. The van der Waals surface area contributed by atoms with Crippen molar-refractivity contribution in [2.45, 2.75) is 6.42 Å². The number of rotatable bonds is 2. The molecule has 0 fully saturated rings. The van der Waals surface area contributed by atoms with E-state index < -0.39 is 0 Å². The number of fused-ring (bicyclic) bond motifs is 2. The summed E-state index contributed by atoms with van der Waals surface area (Å²) < 4.78 is 11.0. The highest BCUT2D eigenvalue weighted by Crippen LogP contribution is 2.14. The first-order chi connectivity index (χ1) is 11.2. The number of para-hydroxylation sites is 2. The van der Waals surface area contributed by atoms with Gasteiger partial charge in [0.15, 0.2) is 10.9 Å². The lowest BCUT2D eigenvalue weighted by atomic mass is 10.0. The summed E-state index contributed by atoms with van der Waals surface area (Å²) in [6.07, 6.45) is 3.01. The van der Waals surface area contributed by atoms with Crippen molar-refractivity contribution in [1.82, 2.24) is 0 Å². The molecule has 0 saturated carbocycles. The summed E-state index contributed by atoms with van der Waals surface area (Å²) in [5.74, 6) is 0. The molecule has 0 aliphatic heterocycles. The first kappa shape index (κ1) is 13.5. The van der Waals surface area contributed by atoms with Crippen LogP contribution in [0, 0.1) is 0 Å². The molecule has 0 N–H and O–H groups in total. The number of hydrogen-bond donors (Lipinski definition) is 0. The molecule has 2 aromatic heterocycles. The topological polar surface area (TPSA) is 60.4 Å². The summed E-state index contributed by atoms with van der Waals surface area (Å²) in [5.41, 5.74) is 1.69. The Kier molecular flexibility index (Phi) is 3.08. The van der Waals surface area contributed by atoms with Gasteiger partial charge in [-0.1, -0.05) is 24.3 Å². The second-order valence-corrected chi connectivity index (χ2v) is 5.35. The van der Waals surface area contributed by atoms with Gasteiger partial charge in [0.2, 0.25) is 0 Å². The van der Waals surface area contributed by atoms with Crippen molar-refractivity contribution in [3.63, 3.8) is 0 Å². The molecule has 23 heavy (non-hydrogen) atoms. The summed E-state index contributed by atoms with van der Waals surface area (Å²) in [6, 6.07) is 14.1. The quantitative estimate of drug-likeness (QED) is 0.569. The average molecular weight is 304 g/mol. The van der Waals surface area contributed by atoms with E-state index in [1.54, 1.807) is 36.4 Å². The smallest absolute Gasteiger partial charge is 0.196 e. The molecule has 2 aromatic carbocycles. The Hall–Kier alpha value is -3.14. The fourth-order valence-corrected chi connectivity index (χ4v) is 2.69. The Morgan fingerprint density at radius 2 is 1.09 bits per heavy atom. The van der Waals surface area contributed by atoms with Gasteiger partial charge in [-0.05, 0) is 24.3 Å². The van der Waals surface area contributed by atoms with Gasteiger partial charge < -0.3 is 8.83 Å². The first-order valence-corrected chi connectivity index (χ1v) is 7.23. The molecule has 0 spiro atoms. The van der Waals surface area contributed by atoms with E-state index in [1.165, 1.54) is 12.5 Å². The maximum absolute atomic E-state index is 12.5. The van der Waals surface area contributed by atoms with Crippen LogP contribution in [-0.2, 0) is 6.42 Å². The molecule has 0 aliphatic carbocycles. The SMILES string of the molecule is O=c1c(Cc2coc3ccccc3c2=O)coc2ccccc12. The van der Waals surface area contributed by atoms with Crippen LogP contribution in [0.5, 0.6) is 0 Å². The minimum atomic E-state index is -0.126. The van der Waals surface area contributed by atoms with Crippen LogP contribution in [0.3, 0.4) is 0 Å². The lowest BCUT2D eigenvalue weighted by molar-refractivity contribution is 0.586. The fraction of sp³-hybridized carbons (Fsp3) is 0.0526. The third-order valence-electron chi connectivity index (χ3n) is 3.88. The van der Waals surface area contributed by atoms with Crippen LogP contribution < -0.4 is 10.9 Å². The molecule has 0 unspecified atom stereocenters. The van der Waals surface area contributed by atoms with Crippen molar-refractivity contribution < 1.29 is 8.83 Å². The average Bonchev–Trinajstić information content (AvgIpc) is 2.60. The van der Waals surface area contributed by atoms with Gasteiger partial charge in [-0.2, -0.15) is 0 Å². The second-order valence-electron chi connectivity index (χ2n) is 5.35. The first-order valence-electron chi connectivity index (χ1n) is 7.23. The van der Waals surface area contributed by atoms with Crippen molar-refractivity contribution in [1.29, 1.82) is 0 Å². The predicted molar refractivity (Wildman–Crippen MR) is 87.8 cm³/mol. The Labute approximate surface area is 130 Å². The predicted octanol–water partition coefficient (Wildman–Crippen LogP) is 3.49. The van der Waals surface area contributed by atoms with Crippen LogP contribution in [0.15, 0.2) is 79.5 Å². The van der Waals surface area contributed by atoms with Crippen LogP contribution in [0.4, 0.5) is 0 Å². The van der Waals surface area contributed by atoms with Crippen LogP contribution >= 0.6 is 0 Å². The van der Waals surface area contributed by atoms with Crippen molar-refractivity contribution in [2.75, 3.05) is 0 Å². The van der Waals surface area contributed by atoms with Gasteiger partial charge in [-0.25, -0.2) is 0 Å². The molecule has 4 aromatic rings. The van der Waals surface area contributed by atoms with E-state index >= 15 is 0 Å². The third kappa shape index (κ3) is 2.25. The Bertz CT molecular complexity index is 1040. The molecular weight excluding hydrogens is 292 g/mol. The zero-order chi connectivity index (χ0) is 15.8. The normalized spacial score (nSPS) is 11.1. The van der Waals surface area contributed by atoms with Gasteiger partial charge >= 0.3 is 0 Å². The molecule has 0 atom stereocenters. The highest BCUT2D eigenvalue weighted by Gasteiger charge is 2.11. The van der Waals surface area contributed by atoms with Crippen molar-refractivity contribution in [3.8, 4) is 0 Å². The standard InChI is InChI=1S/C19H12O4/c20-18-12(10-22-16-7-3-1-5-14(16)18)9-13-11-23-17-8-4-2-6-15(17)19(13)21/h1-8,10-11H,9H2. The van der Waals surface area contributed by atoms with Crippen molar-refractivity contribution >= 4 is 21.9 Å². The Balaban J connectivity index is 1.85. The Morgan fingerprint density at radius 1 is 0.652 bits per heavy atom. The molecule has 0 aliphatic rings. The zero-order valence-electron chi connectivity index (χ0n) is 12.1. The third-order valence-corrected chi connectivity index (χ3v) is 3.88. The molecule has 0 radical (unpaired) electrons. The zero-order valence-corrected chi connectivity index (χ0v) is 12.1. The molecule has 0 amide bonds. The van der Waals surface area contributed by atoms with Crippen LogP contribution in [-0.4, -0.2) is 0 Å². The van der Waals surface area contributed by atoms with Gasteiger partial charge in [0.05, 0.1) is 23.3 Å². The van der Waals surface area contributed by atoms with Crippen LogP contribution in [0.1, 0.15) is 11.1 Å². The van der Waals surface area contributed by atoms with Gasteiger partial charge in [0.1, 0.15) is 11.2 Å². The lowest BCUT2D eigenvalue weighted by Crippen LogP contribution is -2.14. The molecule has 4 rings (SSSR count). The van der Waals surface area contributed by atoms with Gasteiger partial charge in [-0.15, -0.1) is 0 Å². The summed E-state index contributed by atoms with van der Waals surface area (Å²) in [4.78, 5) is 25.0. The van der Waals surface area contributed by atoms with Crippen molar-refractivity contribution in [3.05, 3.63) is 92.6 Å². The molecule has 112 valence electrons. The summed E-state index contributed by atoms with van der Waals surface area (Å²) in [5, 5.41) is 1.02. The second kappa shape index (κ2) is 5.25. The van der Waals surface area contributed by atoms with Crippen molar-refractivity contribution in [2.24, 2.45) is 0 Å². The maximum Gasteiger partial charge on any atom is 0.196 e. The van der Waals surface area contributed by atoms with E-state index in [-0.39, 0.29) is 17.3 Å². The van der Waals surface area contributed by atoms with Crippen LogP contribution in [0.25, 0.3) is 21.9 Å². The minimum Gasteiger partial charge on any atom is -0.464 e. The van der Waals surface area contributed by atoms with Gasteiger partial charge in [-0.3, -0.25) is 9.59 Å². The molecule has 4 heteroatoms. The largest absolute Gasteiger partial charge is 0.464 e. The minimum absolute atomic E-state index is 0.126. The summed E-state index contributed by atoms with van der Waals surface area (Å²) in [6.45, 7) is 0. The monoisotopic (exact) mass is 304 g/mol. The van der Waals surface area contributed by atoms with E-state index in [4.69, 9.17) is 8.83 Å². The molecule has 0 saturated heterocycles. The van der Waals surface area contributed by atoms with Gasteiger partial charge in [0.25, 0.3) is 0 Å². The van der Waals surface area contributed by atoms with E-state index in [2.05, 4.69) is 0 Å². The fourth-order valence-electron chi connectivity index (χ4n) is 2.69. The van der Waals surface area contributed by atoms with E-state index in [0.29, 0.717) is 33.1 Å².